The van der Waals surface area contributed by atoms with Crippen LogP contribution < -0.4 is 4.72 Å². The van der Waals surface area contributed by atoms with E-state index in [2.05, 4.69) is 4.72 Å². The zero-order valence-corrected chi connectivity index (χ0v) is 13.4. The predicted molar refractivity (Wildman–Crippen MR) is 83.0 cm³/mol. The van der Waals surface area contributed by atoms with Crippen molar-refractivity contribution in [2.45, 2.75) is 18.2 Å². The van der Waals surface area contributed by atoms with Crippen LogP contribution in [0, 0.1) is 5.82 Å². The van der Waals surface area contributed by atoms with Gasteiger partial charge in [-0.25, -0.2) is 12.8 Å². The van der Waals surface area contributed by atoms with Gasteiger partial charge in [0.15, 0.2) is 0 Å². The van der Waals surface area contributed by atoms with Crippen molar-refractivity contribution < 1.29 is 12.8 Å². The Kier molecular flexibility index (Phi) is 4.76. The molecular formula is C14H12Cl2FNO2S. The predicted octanol–water partition coefficient (Wildman–Crippen LogP) is 4.50. The quantitative estimate of drug-likeness (QED) is 0.885. The average molecular weight is 348 g/mol. The molecule has 0 saturated heterocycles. The van der Waals surface area contributed by atoms with E-state index in [9.17, 15) is 12.8 Å². The molecule has 0 fully saturated rings. The number of benzene rings is 2. The minimum atomic E-state index is -3.88. The molecule has 0 heterocycles. The second-order valence-corrected chi connectivity index (χ2v) is 6.93. The van der Waals surface area contributed by atoms with Crippen LogP contribution in [0.4, 0.5) is 10.1 Å². The maximum atomic E-state index is 13.7. The maximum Gasteiger partial charge on any atom is 0.261 e. The van der Waals surface area contributed by atoms with Gasteiger partial charge in [0.2, 0.25) is 0 Å². The molecule has 0 amide bonds. The fourth-order valence-electron chi connectivity index (χ4n) is 1.80. The lowest BCUT2D eigenvalue weighted by Gasteiger charge is -2.10. The Morgan fingerprint density at radius 1 is 1.10 bits per heavy atom. The number of halogens is 3. The summed E-state index contributed by atoms with van der Waals surface area (Å²) in [4.78, 5) is -0.0834. The Bertz CT molecular complexity index is 758. The summed E-state index contributed by atoms with van der Waals surface area (Å²) in [5.74, 6) is -0.457. The van der Waals surface area contributed by atoms with Gasteiger partial charge in [-0.1, -0.05) is 36.2 Å². The minimum absolute atomic E-state index is 0.0834. The van der Waals surface area contributed by atoms with Crippen molar-refractivity contribution in [3.63, 3.8) is 0 Å². The Hall–Kier alpha value is -1.30. The molecule has 7 heteroatoms. The van der Waals surface area contributed by atoms with Crippen molar-refractivity contribution in [2.24, 2.45) is 0 Å². The van der Waals surface area contributed by atoms with E-state index >= 15 is 0 Å². The molecule has 0 radical (unpaired) electrons. The fraction of sp³-hybridized carbons (Fsp3) is 0.143. The first kappa shape index (κ1) is 16.1. The normalized spacial score (nSPS) is 11.4. The third-order valence-electron chi connectivity index (χ3n) is 2.83. The molecule has 2 rings (SSSR count). The smallest absolute Gasteiger partial charge is 0.261 e. The third kappa shape index (κ3) is 3.87. The van der Waals surface area contributed by atoms with Crippen molar-refractivity contribution >= 4 is 38.9 Å². The molecular weight excluding hydrogens is 336 g/mol. The van der Waals surface area contributed by atoms with Crippen molar-refractivity contribution in [1.29, 1.82) is 0 Å². The summed E-state index contributed by atoms with van der Waals surface area (Å²) in [5, 5.41) is 0.408. The SMILES string of the molecule is CCc1ccc(NS(=O)(=O)c2cc(Cl)cc(Cl)c2)cc1F. The van der Waals surface area contributed by atoms with E-state index in [4.69, 9.17) is 23.2 Å². The maximum absolute atomic E-state index is 13.7. The Morgan fingerprint density at radius 3 is 2.24 bits per heavy atom. The molecule has 2 aromatic rings. The Balaban J connectivity index is 2.35. The van der Waals surface area contributed by atoms with Gasteiger partial charge in [-0.3, -0.25) is 4.72 Å². The zero-order chi connectivity index (χ0) is 15.6. The highest BCUT2D eigenvalue weighted by molar-refractivity contribution is 7.92. The lowest BCUT2D eigenvalue weighted by atomic mass is 10.1. The number of aryl methyl sites for hydroxylation is 1. The third-order valence-corrected chi connectivity index (χ3v) is 4.63. The number of hydrogen-bond donors (Lipinski definition) is 1. The topological polar surface area (TPSA) is 46.2 Å². The van der Waals surface area contributed by atoms with Crippen molar-refractivity contribution in [3.05, 3.63) is 57.8 Å². The number of nitrogens with one attached hydrogen (secondary N) is 1. The first-order valence-electron chi connectivity index (χ1n) is 6.09. The minimum Gasteiger partial charge on any atom is -0.280 e. The second kappa shape index (κ2) is 6.22. The Morgan fingerprint density at radius 2 is 1.71 bits per heavy atom. The number of hydrogen-bond acceptors (Lipinski definition) is 2. The van der Waals surface area contributed by atoms with Crippen LogP contribution >= 0.6 is 23.2 Å². The molecule has 21 heavy (non-hydrogen) atoms. The summed E-state index contributed by atoms with van der Waals surface area (Å²) < 4.78 is 40.4. The lowest BCUT2D eigenvalue weighted by Crippen LogP contribution is -2.13. The monoisotopic (exact) mass is 347 g/mol. The first-order chi connectivity index (χ1) is 9.81. The summed E-state index contributed by atoms with van der Waals surface area (Å²) in [6, 6.07) is 8.16. The van der Waals surface area contributed by atoms with Gasteiger partial charge >= 0.3 is 0 Å². The largest absolute Gasteiger partial charge is 0.280 e. The molecule has 1 N–H and O–H groups in total. The number of sulfonamides is 1. The van der Waals surface area contributed by atoms with Crippen LogP contribution in [-0.2, 0) is 16.4 Å². The van der Waals surface area contributed by atoms with E-state index < -0.39 is 15.8 Å². The van der Waals surface area contributed by atoms with Gasteiger partial charge in [-0.15, -0.1) is 0 Å². The lowest BCUT2D eigenvalue weighted by molar-refractivity contribution is 0.600. The highest BCUT2D eigenvalue weighted by Gasteiger charge is 2.16. The van der Waals surface area contributed by atoms with Gasteiger partial charge in [-0.05, 0) is 42.3 Å². The van der Waals surface area contributed by atoms with E-state index in [1.54, 1.807) is 0 Å². The molecule has 0 spiro atoms. The molecule has 0 aliphatic rings. The van der Waals surface area contributed by atoms with Crippen LogP contribution in [0.2, 0.25) is 10.0 Å². The van der Waals surface area contributed by atoms with Gasteiger partial charge in [0.25, 0.3) is 10.0 Å². The van der Waals surface area contributed by atoms with Gasteiger partial charge in [0.1, 0.15) is 5.82 Å². The van der Waals surface area contributed by atoms with E-state index in [0.29, 0.717) is 12.0 Å². The van der Waals surface area contributed by atoms with Crippen LogP contribution in [-0.4, -0.2) is 8.42 Å². The molecule has 0 atom stereocenters. The summed E-state index contributed by atoms with van der Waals surface area (Å²) in [6.45, 7) is 1.82. The van der Waals surface area contributed by atoms with E-state index in [1.165, 1.54) is 30.3 Å². The zero-order valence-electron chi connectivity index (χ0n) is 11.0. The van der Waals surface area contributed by atoms with Crippen LogP contribution in [0.25, 0.3) is 0 Å². The van der Waals surface area contributed by atoms with Crippen LogP contribution in [0.1, 0.15) is 12.5 Å². The van der Waals surface area contributed by atoms with E-state index in [1.807, 2.05) is 6.92 Å². The molecule has 3 nitrogen and oxygen atoms in total. The van der Waals surface area contributed by atoms with E-state index in [0.717, 1.165) is 6.07 Å². The van der Waals surface area contributed by atoms with Crippen molar-refractivity contribution in [1.82, 2.24) is 0 Å². The molecule has 0 aliphatic heterocycles. The molecule has 0 aliphatic carbocycles. The highest BCUT2D eigenvalue weighted by Crippen LogP contribution is 2.24. The summed E-state index contributed by atoms with van der Waals surface area (Å²) in [7, 11) is -3.88. The van der Waals surface area contributed by atoms with Gasteiger partial charge < -0.3 is 0 Å². The summed E-state index contributed by atoms with van der Waals surface area (Å²) >= 11 is 11.6. The van der Waals surface area contributed by atoms with Crippen molar-refractivity contribution in [3.8, 4) is 0 Å². The van der Waals surface area contributed by atoms with Gasteiger partial charge in [0, 0.05) is 10.0 Å². The fourth-order valence-corrected chi connectivity index (χ4v) is 3.57. The van der Waals surface area contributed by atoms with E-state index in [-0.39, 0.29) is 20.6 Å². The molecule has 0 unspecified atom stereocenters. The molecule has 0 bridgehead atoms. The standard InChI is InChI=1S/C14H12Cl2FNO2S/c1-2-9-3-4-12(8-14(9)17)18-21(19,20)13-6-10(15)5-11(16)7-13/h3-8,18H,2H2,1H3. The van der Waals surface area contributed by atoms with Gasteiger partial charge in [-0.2, -0.15) is 0 Å². The van der Waals surface area contributed by atoms with Crippen molar-refractivity contribution in [2.75, 3.05) is 4.72 Å². The molecule has 2 aromatic carbocycles. The Labute approximate surface area is 132 Å². The number of anilines is 1. The van der Waals surface area contributed by atoms with Crippen LogP contribution in [0.5, 0.6) is 0 Å². The summed E-state index contributed by atoms with van der Waals surface area (Å²) in [5.41, 5.74) is 0.657. The molecule has 0 saturated carbocycles. The van der Waals surface area contributed by atoms with Crippen LogP contribution in [0.3, 0.4) is 0 Å². The summed E-state index contributed by atoms with van der Waals surface area (Å²) in [6.07, 6.45) is 0.531. The first-order valence-corrected chi connectivity index (χ1v) is 8.33. The molecule has 112 valence electrons. The number of rotatable bonds is 4. The van der Waals surface area contributed by atoms with Crippen LogP contribution in [0.15, 0.2) is 41.3 Å². The molecule has 0 aromatic heterocycles. The second-order valence-electron chi connectivity index (χ2n) is 4.37. The van der Waals surface area contributed by atoms with Gasteiger partial charge in [0.05, 0.1) is 10.6 Å². The average Bonchev–Trinajstić information content (AvgIpc) is 2.37. The highest BCUT2D eigenvalue weighted by atomic mass is 35.5.